The van der Waals surface area contributed by atoms with E-state index in [4.69, 9.17) is 4.74 Å². The van der Waals surface area contributed by atoms with Crippen LogP contribution in [0, 0.1) is 0 Å². The Balaban J connectivity index is 1.36. The van der Waals surface area contributed by atoms with Gasteiger partial charge in [-0.3, -0.25) is 9.59 Å². The second-order valence-corrected chi connectivity index (χ2v) is 10.4. The largest absolute Gasteiger partial charge is 0.490 e. The summed E-state index contributed by atoms with van der Waals surface area (Å²) in [5.74, 6) is 0.800. The molecule has 10 heteroatoms. The van der Waals surface area contributed by atoms with Gasteiger partial charge in [0.15, 0.2) is 5.82 Å². The molecule has 1 amide bonds. The fourth-order valence-corrected chi connectivity index (χ4v) is 5.39. The molecular weight excluding hydrogens is 520 g/mol. The minimum Gasteiger partial charge on any atom is -0.490 e. The summed E-state index contributed by atoms with van der Waals surface area (Å²) in [6.07, 6.45) is 2.34. The SMILES string of the molecule is CN(C)c1ccc2c(c1)CCN(c1cccc(-c3cn(C)c(=O)c(Nc4ccc5c(c4)NCCO5)n3)c1CO)C2=O. The molecule has 3 heterocycles. The third kappa shape index (κ3) is 4.87. The first-order valence-corrected chi connectivity index (χ1v) is 13.5. The summed E-state index contributed by atoms with van der Waals surface area (Å²) in [5, 5.41) is 17.0. The maximum absolute atomic E-state index is 13.6. The van der Waals surface area contributed by atoms with Gasteiger partial charge in [-0.1, -0.05) is 12.1 Å². The van der Waals surface area contributed by atoms with Crippen LogP contribution in [0.4, 0.5) is 28.6 Å². The topological polar surface area (TPSA) is 112 Å². The van der Waals surface area contributed by atoms with Crippen molar-refractivity contribution in [3.63, 3.8) is 0 Å². The molecule has 0 fully saturated rings. The predicted molar refractivity (Wildman–Crippen MR) is 161 cm³/mol. The number of fused-ring (bicyclic) bond motifs is 2. The lowest BCUT2D eigenvalue weighted by molar-refractivity contribution is 0.0980. The summed E-state index contributed by atoms with van der Waals surface area (Å²) >= 11 is 0. The highest BCUT2D eigenvalue weighted by Crippen LogP contribution is 2.35. The van der Waals surface area contributed by atoms with E-state index in [1.54, 1.807) is 18.1 Å². The molecule has 0 bridgehead atoms. The maximum atomic E-state index is 13.6. The van der Waals surface area contributed by atoms with Gasteiger partial charge in [0.2, 0.25) is 0 Å². The molecule has 210 valence electrons. The van der Waals surface area contributed by atoms with Gasteiger partial charge in [-0.15, -0.1) is 0 Å². The number of amides is 1. The van der Waals surface area contributed by atoms with Crippen molar-refractivity contribution in [2.24, 2.45) is 7.05 Å². The molecule has 6 rings (SSSR count). The summed E-state index contributed by atoms with van der Waals surface area (Å²) in [6.45, 7) is 1.49. The molecule has 0 aliphatic carbocycles. The Morgan fingerprint density at radius 2 is 1.95 bits per heavy atom. The van der Waals surface area contributed by atoms with Crippen LogP contribution in [-0.2, 0) is 20.1 Å². The highest BCUT2D eigenvalue weighted by atomic mass is 16.5. The van der Waals surface area contributed by atoms with Crippen molar-refractivity contribution in [1.29, 1.82) is 0 Å². The zero-order chi connectivity index (χ0) is 28.7. The van der Waals surface area contributed by atoms with Crippen LogP contribution < -0.4 is 30.7 Å². The van der Waals surface area contributed by atoms with Crippen LogP contribution in [0.15, 0.2) is 65.6 Å². The molecule has 10 nitrogen and oxygen atoms in total. The van der Waals surface area contributed by atoms with Crippen molar-refractivity contribution >= 4 is 34.5 Å². The number of hydrogen-bond acceptors (Lipinski definition) is 8. The van der Waals surface area contributed by atoms with Crippen LogP contribution in [0.3, 0.4) is 0 Å². The number of aliphatic hydroxyl groups is 1. The van der Waals surface area contributed by atoms with Gasteiger partial charge >= 0.3 is 0 Å². The fraction of sp³-hybridized carbons (Fsp3) is 0.258. The number of aliphatic hydroxyl groups excluding tert-OH is 1. The molecular formula is C31H32N6O4. The highest BCUT2D eigenvalue weighted by Gasteiger charge is 2.28. The average Bonchev–Trinajstić information content (AvgIpc) is 2.99. The Kier molecular flexibility index (Phi) is 6.84. The highest BCUT2D eigenvalue weighted by molar-refractivity contribution is 6.09. The second-order valence-electron chi connectivity index (χ2n) is 10.4. The van der Waals surface area contributed by atoms with Gasteiger partial charge in [0.25, 0.3) is 11.5 Å². The molecule has 1 aromatic heterocycles. The number of carbonyl (C=O) groups is 1. The van der Waals surface area contributed by atoms with Crippen LogP contribution >= 0.6 is 0 Å². The number of anilines is 5. The molecule has 0 saturated carbocycles. The van der Waals surface area contributed by atoms with E-state index in [1.807, 2.05) is 67.5 Å². The first-order valence-electron chi connectivity index (χ1n) is 13.5. The number of rotatable bonds is 6. The third-order valence-corrected chi connectivity index (χ3v) is 7.55. The summed E-state index contributed by atoms with van der Waals surface area (Å²) in [5.41, 5.74) is 6.30. The predicted octanol–water partition coefficient (Wildman–Crippen LogP) is 3.76. The minimum atomic E-state index is -0.300. The van der Waals surface area contributed by atoms with Gasteiger partial charge in [-0.2, -0.15) is 0 Å². The smallest absolute Gasteiger partial charge is 0.293 e. The van der Waals surface area contributed by atoms with Gasteiger partial charge in [0.05, 0.1) is 23.7 Å². The summed E-state index contributed by atoms with van der Waals surface area (Å²) < 4.78 is 7.11. The Bertz CT molecular complexity index is 1710. The minimum absolute atomic E-state index is 0.107. The summed E-state index contributed by atoms with van der Waals surface area (Å²) in [6, 6.07) is 17.0. The van der Waals surface area contributed by atoms with E-state index in [2.05, 4.69) is 21.7 Å². The molecule has 0 unspecified atom stereocenters. The van der Waals surface area contributed by atoms with E-state index < -0.39 is 0 Å². The number of nitrogens with zero attached hydrogens (tertiary/aromatic N) is 4. The number of carbonyl (C=O) groups excluding carboxylic acids is 1. The zero-order valence-electron chi connectivity index (χ0n) is 23.3. The number of nitrogens with one attached hydrogen (secondary N) is 2. The van der Waals surface area contributed by atoms with Crippen molar-refractivity contribution < 1.29 is 14.6 Å². The van der Waals surface area contributed by atoms with Crippen LogP contribution in [0.25, 0.3) is 11.3 Å². The zero-order valence-corrected chi connectivity index (χ0v) is 23.3. The number of hydrogen-bond donors (Lipinski definition) is 3. The van der Waals surface area contributed by atoms with E-state index in [-0.39, 0.29) is 23.9 Å². The van der Waals surface area contributed by atoms with Crippen molar-refractivity contribution in [3.8, 4) is 17.0 Å². The Hall–Kier alpha value is -4.83. The van der Waals surface area contributed by atoms with Crippen LogP contribution in [0.1, 0.15) is 21.5 Å². The molecule has 2 aliphatic rings. The molecule has 0 spiro atoms. The Morgan fingerprint density at radius 3 is 2.76 bits per heavy atom. The Labute approximate surface area is 237 Å². The van der Waals surface area contributed by atoms with Crippen molar-refractivity contribution in [2.75, 3.05) is 54.2 Å². The lowest BCUT2D eigenvalue weighted by atomic mass is 9.95. The van der Waals surface area contributed by atoms with Crippen LogP contribution in [-0.4, -0.2) is 54.4 Å². The second kappa shape index (κ2) is 10.6. The number of benzene rings is 3. The molecule has 41 heavy (non-hydrogen) atoms. The van der Waals surface area contributed by atoms with Gasteiger partial charge < -0.3 is 34.8 Å². The van der Waals surface area contributed by atoms with Crippen molar-refractivity contribution in [2.45, 2.75) is 13.0 Å². The van der Waals surface area contributed by atoms with E-state index >= 15 is 0 Å². The standard InChI is InChI=1S/C31H32N6O4/c1-35(2)21-8-9-22-19(15-21)11-13-37(30(22)39)27-6-4-5-23(24(27)18-38)26-17-36(3)31(40)29(34-26)33-20-7-10-28-25(16-20)32-12-14-41-28/h4-10,15-17,32,38H,11-14,18H2,1-3H3,(H,33,34). The third-order valence-electron chi connectivity index (χ3n) is 7.55. The van der Waals surface area contributed by atoms with Gasteiger partial charge in [0, 0.05) is 68.5 Å². The fourth-order valence-electron chi connectivity index (χ4n) is 5.39. The van der Waals surface area contributed by atoms with E-state index in [9.17, 15) is 14.7 Å². The molecule has 3 aromatic carbocycles. The monoisotopic (exact) mass is 552 g/mol. The van der Waals surface area contributed by atoms with Gasteiger partial charge in [-0.05, 0) is 54.4 Å². The number of ether oxygens (including phenoxy) is 1. The average molecular weight is 553 g/mol. The van der Waals surface area contributed by atoms with Crippen LogP contribution in [0.2, 0.25) is 0 Å². The van der Waals surface area contributed by atoms with Crippen molar-refractivity contribution in [3.05, 3.63) is 87.8 Å². The maximum Gasteiger partial charge on any atom is 0.293 e. The van der Waals surface area contributed by atoms with E-state index in [1.165, 1.54) is 4.57 Å². The molecule has 0 saturated heterocycles. The quantitative estimate of drug-likeness (QED) is 0.332. The first kappa shape index (κ1) is 26.4. The summed E-state index contributed by atoms with van der Waals surface area (Å²) in [7, 11) is 5.62. The number of aryl methyl sites for hydroxylation is 1. The molecule has 3 N–H and O–H groups in total. The van der Waals surface area contributed by atoms with Crippen molar-refractivity contribution in [1.82, 2.24) is 9.55 Å². The molecule has 0 radical (unpaired) electrons. The van der Waals surface area contributed by atoms with E-state index in [0.29, 0.717) is 59.9 Å². The lowest BCUT2D eigenvalue weighted by Gasteiger charge is -2.31. The normalized spacial score (nSPS) is 14.0. The van der Waals surface area contributed by atoms with Crippen LogP contribution in [0.5, 0.6) is 5.75 Å². The number of aromatic nitrogens is 2. The Morgan fingerprint density at radius 1 is 1.10 bits per heavy atom. The molecule has 0 atom stereocenters. The summed E-state index contributed by atoms with van der Waals surface area (Å²) in [4.78, 5) is 35.1. The first-order chi connectivity index (χ1) is 19.8. The molecule has 4 aromatic rings. The van der Waals surface area contributed by atoms with E-state index in [0.717, 1.165) is 22.7 Å². The molecule has 2 aliphatic heterocycles. The van der Waals surface area contributed by atoms with Gasteiger partial charge in [-0.25, -0.2) is 4.98 Å². The lowest BCUT2D eigenvalue weighted by Crippen LogP contribution is -2.38. The van der Waals surface area contributed by atoms with Gasteiger partial charge in [0.1, 0.15) is 12.4 Å².